The molecule has 0 aliphatic carbocycles. The van der Waals surface area contributed by atoms with Gasteiger partial charge in [0.25, 0.3) is 0 Å². The molecule has 0 atom stereocenters. The average Bonchev–Trinajstić information content (AvgIpc) is 3.05. The number of fused-ring (bicyclic) bond motifs is 1. The van der Waals surface area contributed by atoms with E-state index in [2.05, 4.69) is 44.0 Å². The fraction of sp³-hybridized carbons (Fsp3) is 0.316. The van der Waals surface area contributed by atoms with Gasteiger partial charge in [-0.3, -0.25) is 4.90 Å². The second-order valence-corrected chi connectivity index (χ2v) is 6.16. The molecule has 5 heteroatoms. The highest BCUT2D eigenvalue weighted by Gasteiger charge is 2.18. The summed E-state index contributed by atoms with van der Waals surface area (Å²) in [6.45, 7) is 5.04. The Morgan fingerprint density at radius 2 is 1.75 bits per heavy atom. The third-order valence-electron chi connectivity index (χ3n) is 4.62. The summed E-state index contributed by atoms with van der Waals surface area (Å²) in [4.78, 5) is 13.0. The Kier molecular flexibility index (Phi) is 4.09. The van der Waals surface area contributed by atoms with E-state index >= 15 is 0 Å². The third kappa shape index (κ3) is 3.08. The fourth-order valence-electron chi connectivity index (χ4n) is 3.25. The van der Waals surface area contributed by atoms with Gasteiger partial charge < -0.3 is 14.6 Å². The number of anilines is 1. The summed E-state index contributed by atoms with van der Waals surface area (Å²) < 4.78 is 5.23. The lowest BCUT2D eigenvalue weighted by molar-refractivity contribution is 0.245. The molecule has 1 aliphatic rings. The van der Waals surface area contributed by atoms with Crippen LogP contribution in [0.2, 0.25) is 0 Å². The molecule has 3 aromatic rings. The molecule has 24 heavy (non-hydrogen) atoms. The van der Waals surface area contributed by atoms with E-state index in [0.717, 1.165) is 55.3 Å². The summed E-state index contributed by atoms with van der Waals surface area (Å²) in [5.74, 6) is 1.95. The van der Waals surface area contributed by atoms with Crippen molar-refractivity contribution in [1.82, 2.24) is 14.9 Å². The molecule has 2 heterocycles. The molecule has 0 amide bonds. The van der Waals surface area contributed by atoms with Crippen molar-refractivity contribution >= 4 is 16.7 Å². The van der Waals surface area contributed by atoms with Crippen LogP contribution in [0.3, 0.4) is 0 Å². The number of aromatic amines is 1. The maximum atomic E-state index is 5.23. The Morgan fingerprint density at radius 3 is 2.46 bits per heavy atom. The minimum atomic E-state index is 0.880. The number of H-pyrrole nitrogens is 1. The minimum Gasteiger partial charge on any atom is -0.497 e. The van der Waals surface area contributed by atoms with Crippen LogP contribution in [0.4, 0.5) is 5.69 Å². The van der Waals surface area contributed by atoms with E-state index in [-0.39, 0.29) is 0 Å². The van der Waals surface area contributed by atoms with Gasteiger partial charge in [-0.05, 0) is 36.4 Å². The van der Waals surface area contributed by atoms with Gasteiger partial charge >= 0.3 is 0 Å². The van der Waals surface area contributed by atoms with Crippen LogP contribution in [0.15, 0.2) is 48.5 Å². The van der Waals surface area contributed by atoms with Crippen LogP contribution >= 0.6 is 0 Å². The van der Waals surface area contributed by atoms with Crippen molar-refractivity contribution in [2.75, 3.05) is 38.2 Å². The summed E-state index contributed by atoms with van der Waals surface area (Å²) in [7, 11) is 1.70. The van der Waals surface area contributed by atoms with Gasteiger partial charge in [-0.25, -0.2) is 4.98 Å². The van der Waals surface area contributed by atoms with Crippen molar-refractivity contribution in [2.45, 2.75) is 6.54 Å². The van der Waals surface area contributed by atoms with Crippen LogP contribution in [-0.4, -0.2) is 48.2 Å². The SMILES string of the molecule is COc1ccc(N2CCN(Cc3nc4ccccc4[nH]3)CC2)cc1. The number of nitrogens with zero attached hydrogens (tertiary/aromatic N) is 3. The number of aromatic nitrogens is 2. The molecule has 2 aromatic carbocycles. The number of imidazole rings is 1. The second kappa shape index (κ2) is 6.53. The largest absolute Gasteiger partial charge is 0.497 e. The molecule has 124 valence electrons. The minimum absolute atomic E-state index is 0.880. The number of piperazine rings is 1. The number of methoxy groups -OCH3 is 1. The molecular formula is C19H22N4O. The van der Waals surface area contributed by atoms with Crippen LogP contribution in [0.5, 0.6) is 5.75 Å². The zero-order valence-corrected chi connectivity index (χ0v) is 13.9. The summed E-state index contributed by atoms with van der Waals surface area (Å²) in [5.41, 5.74) is 3.42. The Hall–Kier alpha value is -2.53. The number of hydrogen-bond donors (Lipinski definition) is 1. The van der Waals surface area contributed by atoms with Crippen molar-refractivity contribution in [2.24, 2.45) is 0 Å². The molecule has 0 radical (unpaired) electrons. The molecule has 1 N–H and O–H groups in total. The van der Waals surface area contributed by atoms with Gasteiger partial charge in [0.2, 0.25) is 0 Å². The molecule has 5 nitrogen and oxygen atoms in total. The molecule has 1 saturated heterocycles. The predicted molar refractivity (Wildman–Crippen MR) is 96.6 cm³/mol. The van der Waals surface area contributed by atoms with E-state index < -0.39 is 0 Å². The molecule has 0 spiro atoms. The lowest BCUT2D eigenvalue weighted by Crippen LogP contribution is -2.46. The van der Waals surface area contributed by atoms with Crippen LogP contribution in [0, 0.1) is 0 Å². The lowest BCUT2D eigenvalue weighted by Gasteiger charge is -2.35. The van der Waals surface area contributed by atoms with Crippen LogP contribution in [0.25, 0.3) is 11.0 Å². The topological polar surface area (TPSA) is 44.4 Å². The quantitative estimate of drug-likeness (QED) is 0.802. The average molecular weight is 322 g/mol. The van der Waals surface area contributed by atoms with Crippen molar-refractivity contribution in [3.63, 3.8) is 0 Å². The fourth-order valence-corrected chi connectivity index (χ4v) is 3.25. The molecule has 0 unspecified atom stereocenters. The highest BCUT2D eigenvalue weighted by molar-refractivity contribution is 5.74. The van der Waals surface area contributed by atoms with Gasteiger partial charge in [-0.2, -0.15) is 0 Å². The summed E-state index contributed by atoms with van der Waals surface area (Å²) >= 11 is 0. The maximum absolute atomic E-state index is 5.23. The van der Waals surface area contributed by atoms with Crippen LogP contribution in [0.1, 0.15) is 5.82 Å². The van der Waals surface area contributed by atoms with E-state index in [9.17, 15) is 0 Å². The monoisotopic (exact) mass is 322 g/mol. The van der Waals surface area contributed by atoms with Crippen molar-refractivity contribution in [3.05, 3.63) is 54.4 Å². The summed E-state index contributed by atoms with van der Waals surface area (Å²) in [5, 5.41) is 0. The highest BCUT2D eigenvalue weighted by atomic mass is 16.5. The first-order valence-electron chi connectivity index (χ1n) is 8.37. The van der Waals surface area contributed by atoms with E-state index in [1.807, 2.05) is 24.3 Å². The predicted octanol–water partition coefficient (Wildman–Crippen LogP) is 2.89. The molecule has 0 saturated carbocycles. The zero-order valence-electron chi connectivity index (χ0n) is 13.9. The van der Waals surface area contributed by atoms with E-state index in [1.54, 1.807) is 7.11 Å². The smallest absolute Gasteiger partial charge is 0.121 e. The van der Waals surface area contributed by atoms with Gasteiger partial charge in [-0.1, -0.05) is 12.1 Å². The van der Waals surface area contributed by atoms with Gasteiger partial charge in [0.1, 0.15) is 11.6 Å². The maximum Gasteiger partial charge on any atom is 0.121 e. The molecule has 0 bridgehead atoms. The van der Waals surface area contributed by atoms with Crippen molar-refractivity contribution in [1.29, 1.82) is 0 Å². The van der Waals surface area contributed by atoms with Gasteiger partial charge in [-0.15, -0.1) is 0 Å². The third-order valence-corrected chi connectivity index (χ3v) is 4.62. The Labute approximate surface area is 141 Å². The molecule has 1 aliphatic heterocycles. The van der Waals surface area contributed by atoms with E-state index in [4.69, 9.17) is 4.74 Å². The molecule has 4 rings (SSSR count). The Morgan fingerprint density at radius 1 is 1.00 bits per heavy atom. The first kappa shape index (κ1) is 15.0. The molecule has 1 aromatic heterocycles. The first-order valence-corrected chi connectivity index (χ1v) is 8.37. The van der Waals surface area contributed by atoms with Gasteiger partial charge in [0, 0.05) is 31.9 Å². The zero-order chi connectivity index (χ0) is 16.4. The first-order chi connectivity index (χ1) is 11.8. The summed E-state index contributed by atoms with van der Waals surface area (Å²) in [6, 6.07) is 16.5. The number of ether oxygens (including phenoxy) is 1. The van der Waals surface area contributed by atoms with Gasteiger partial charge in [0.15, 0.2) is 0 Å². The Bertz CT molecular complexity index is 771. The second-order valence-electron chi connectivity index (χ2n) is 6.16. The Balaban J connectivity index is 1.36. The number of hydrogen-bond acceptors (Lipinski definition) is 4. The molecular weight excluding hydrogens is 300 g/mol. The number of nitrogens with one attached hydrogen (secondary N) is 1. The highest BCUT2D eigenvalue weighted by Crippen LogP contribution is 2.21. The van der Waals surface area contributed by atoms with Crippen molar-refractivity contribution in [3.8, 4) is 5.75 Å². The standard InChI is InChI=1S/C19H22N4O/c1-24-16-8-6-15(7-9-16)23-12-10-22(11-13-23)14-19-20-17-4-2-3-5-18(17)21-19/h2-9H,10-14H2,1H3,(H,20,21). The summed E-state index contributed by atoms with van der Waals surface area (Å²) in [6.07, 6.45) is 0. The van der Waals surface area contributed by atoms with Crippen LogP contribution < -0.4 is 9.64 Å². The normalized spacial score (nSPS) is 15.8. The number of rotatable bonds is 4. The lowest BCUT2D eigenvalue weighted by atomic mass is 10.2. The van der Waals surface area contributed by atoms with Crippen molar-refractivity contribution < 1.29 is 4.74 Å². The van der Waals surface area contributed by atoms with Crippen LogP contribution in [-0.2, 0) is 6.54 Å². The number of benzene rings is 2. The van der Waals surface area contributed by atoms with E-state index in [1.165, 1.54) is 5.69 Å². The van der Waals surface area contributed by atoms with E-state index in [0.29, 0.717) is 0 Å². The van der Waals surface area contributed by atoms with Gasteiger partial charge in [0.05, 0.1) is 24.7 Å². The molecule has 1 fully saturated rings. The number of para-hydroxylation sites is 2.